The molecule has 3 heteroatoms. The van der Waals surface area contributed by atoms with Crippen LogP contribution in [0.2, 0.25) is 10.0 Å². The zero-order valence-electron chi connectivity index (χ0n) is 11.1. The standard InChI is InChI=1S/C15H20Cl2O/c1-10-9-14(2,3)6-7-15(10,18)12-8-11(16)4-5-13(12)17/h4-5,8,10,18H,6-7,9H2,1-3H3. The van der Waals surface area contributed by atoms with Crippen LogP contribution in [0.4, 0.5) is 0 Å². The van der Waals surface area contributed by atoms with Gasteiger partial charge in [-0.2, -0.15) is 0 Å². The van der Waals surface area contributed by atoms with E-state index in [-0.39, 0.29) is 11.3 Å². The smallest absolute Gasteiger partial charge is 0.0937 e. The highest BCUT2D eigenvalue weighted by molar-refractivity contribution is 6.33. The van der Waals surface area contributed by atoms with Crippen LogP contribution in [-0.4, -0.2) is 5.11 Å². The Morgan fingerprint density at radius 3 is 2.50 bits per heavy atom. The summed E-state index contributed by atoms with van der Waals surface area (Å²) in [5.74, 6) is 0.178. The Kier molecular flexibility index (Phi) is 3.70. The van der Waals surface area contributed by atoms with Gasteiger partial charge in [0.2, 0.25) is 0 Å². The van der Waals surface area contributed by atoms with E-state index in [0.717, 1.165) is 24.8 Å². The normalized spacial score (nSPS) is 31.3. The van der Waals surface area contributed by atoms with Crippen LogP contribution in [0.15, 0.2) is 18.2 Å². The molecule has 0 saturated heterocycles. The van der Waals surface area contributed by atoms with Gasteiger partial charge in [0.1, 0.15) is 0 Å². The molecule has 1 aromatic carbocycles. The first-order valence-corrected chi connectivity index (χ1v) is 7.18. The van der Waals surface area contributed by atoms with Crippen molar-refractivity contribution in [3.8, 4) is 0 Å². The van der Waals surface area contributed by atoms with Crippen LogP contribution >= 0.6 is 23.2 Å². The second-order valence-corrected chi connectivity index (χ2v) is 7.16. The van der Waals surface area contributed by atoms with Crippen LogP contribution in [0, 0.1) is 11.3 Å². The van der Waals surface area contributed by atoms with Crippen molar-refractivity contribution >= 4 is 23.2 Å². The first kappa shape index (κ1) is 14.2. The van der Waals surface area contributed by atoms with Crippen LogP contribution in [0.1, 0.15) is 45.6 Å². The molecule has 0 spiro atoms. The summed E-state index contributed by atoms with van der Waals surface area (Å²) < 4.78 is 0. The Morgan fingerprint density at radius 2 is 1.89 bits per heavy atom. The van der Waals surface area contributed by atoms with Gasteiger partial charge in [0.25, 0.3) is 0 Å². The molecule has 1 N–H and O–H groups in total. The predicted molar refractivity (Wildman–Crippen MR) is 77.2 cm³/mol. The molecule has 0 heterocycles. The zero-order valence-corrected chi connectivity index (χ0v) is 12.6. The maximum atomic E-state index is 11.0. The number of aliphatic hydroxyl groups is 1. The topological polar surface area (TPSA) is 20.2 Å². The van der Waals surface area contributed by atoms with Crippen molar-refractivity contribution in [1.82, 2.24) is 0 Å². The Hall–Kier alpha value is -0.240. The molecule has 1 fully saturated rings. The second-order valence-electron chi connectivity index (χ2n) is 6.32. The zero-order chi connectivity index (χ0) is 13.6. The number of hydrogen-bond donors (Lipinski definition) is 1. The third-order valence-electron chi connectivity index (χ3n) is 4.25. The average Bonchev–Trinajstić information content (AvgIpc) is 2.27. The molecule has 1 aliphatic carbocycles. The molecule has 1 saturated carbocycles. The maximum absolute atomic E-state index is 11.0. The summed E-state index contributed by atoms with van der Waals surface area (Å²) in [5.41, 5.74) is 0.216. The Balaban J connectivity index is 2.40. The van der Waals surface area contributed by atoms with Crippen molar-refractivity contribution in [3.63, 3.8) is 0 Å². The lowest BCUT2D eigenvalue weighted by molar-refractivity contribution is -0.0768. The third kappa shape index (κ3) is 2.54. The second kappa shape index (κ2) is 4.70. The van der Waals surface area contributed by atoms with E-state index in [9.17, 15) is 5.11 Å². The van der Waals surface area contributed by atoms with Gasteiger partial charge in [0.05, 0.1) is 5.60 Å². The number of halogens is 2. The van der Waals surface area contributed by atoms with Crippen molar-refractivity contribution < 1.29 is 5.11 Å². The largest absolute Gasteiger partial charge is 0.385 e. The van der Waals surface area contributed by atoms with Gasteiger partial charge in [-0.05, 0) is 48.8 Å². The average molecular weight is 287 g/mol. The number of benzene rings is 1. The van der Waals surface area contributed by atoms with Gasteiger partial charge in [-0.3, -0.25) is 0 Å². The number of hydrogen-bond acceptors (Lipinski definition) is 1. The van der Waals surface area contributed by atoms with E-state index in [1.807, 2.05) is 0 Å². The van der Waals surface area contributed by atoms with Gasteiger partial charge in [-0.25, -0.2) is 0 Å². The summed E-state index contributed by atoms with van der Waals surface area (Å²) in [7, 11) is 0. The molecule has 0 bridgehead atoms. The maximum Gasteiger partial charge on any atom is 0.0937 e. The van der Waals surface area contributed by atoms with Crippen molar-refractivity contribution in [2.45, 2.75) is 45.6 Å². The van der Waals surface area contributed by atoms with Crippen molar-refractivity contribution in [3.05, 3.63) is 33.8 Å². The highest BCUT2D eigenvalue weighted by Crippen LogP contribution is 2.50. The fourth-order valence-electron chi connectivity index (χ4n) is 3.10. The lowest BCUT2D eigenvalue weighted by Gasteiger charge is -2.45. The summed E-state index contributed by atoms with van der Waals surface area (Å²) in [6.45, 7) is 6.60. The summed E-state index contributed by atoms with van der Waals surface area (Å²) in [6.07, 6.45) is 2.73. The number of rotatable bonds is 1. The molecule has 0 radical (unpaired) electrons. The van der Waals surface area contributed by atoms with E-state index < -0.39 is 5.60 Å². The molecular formula is C15H20Cl2O. The fourth-order valence-corrected chi connectivity index (χ4v) is 3.56. The molecule has 18 heavy (non-hydrogen) atoms. The highest BCUT2D eigenvalue weighted by Gasteiger charge is 2.44. The van der Waals surface area contributed by atoms with Gasteiger partial charge < -0.3 is 5.11 Å². The minimum Gasteiger partial charge on any atom is -0.385 e. The van der Waals surface area contributed by atoms with E-state index in [4.69, 9.17) is 23.2 Å². The Morgan fingerprint density at radius 1 is 1.22 bits per heavy atom. The minimum absolute atomic E-state index is 0.178. The van der Waals surface area contributed by atoms with E-state index in [0.29, 0.717) is 10.0 Å². The Bertz CT molecular complexity index is 456. The molecule has 2 rings (SSSR count). The fraction of sp³-hybridized carbons (Fsp3) is 0.600. The summed E-state index contributed by atoms with van der Waals surface area (Å²) in [6, 6.07) is 5.33. The molecule has 1 aliphatic rings. The molecule has 0 amide bonds. The van der Waals surface area contributed by atoms with Crippen molar-refractivity contribution in [2.75, 3.05) is 0 Å². The van der Waals surface area contributed by atoms with Crippen LogP contribution < -0.4 is 0 Å². The predicted octanol–water partition coefficient (Wildman–Crippen LogP) is 5.03. The summed E-state index contributed by atoms with van der Waals surface area (Å²) >= 11 is 12.3. The van der Waals surface area contributed by atoms with E-state index in [2.05, 4.69) is 20.8 Å². The summed E-state index contributed by atoms with van der Waals surface area (Å²) in [5, 5.41) is 12.2. The lowest BCUT2D eigenvalue weighted by Crippen LogP contribution is -2.41. The molecule has 0 aromatic heterocycles. The van der Waals surface area contributed by atoms with Crippen LogP contribution in [0.5, 0.6) is 0 Å². The van der Waals surface area contributed by atoms with E-state index >= 15 is 0 Å². The quantitative estimate of drug-likeness (QED) is 0.768. The van der Waals surface area contributed by atoms with Crippen LogP contribution in [-0.2, 0) is 5.60 Å². The van der Waals surface area contributed by atoms with Crippen LogP contribution in [0.25, 0.3) is 0 Å². The van der Waals surface area contributed by atoms with E-state index in [1.54, 1.807) is 18.2 Å². The van der Waals surface area contributed by atoms with Crippen LogP contribution in [0.3, 0.4) is 0 Å². The van der Waals surface area contributed by atoms with E-state index in [1.165, 1.54) is 0 Å². The minimum atomic E-state index is -0.850. The molecule has 0 aliphatic heterocycles. The van der Waals surface area contributed by atoms with Crippen molar-refractivity contribution in [1.29, 1.82) is 0 Å². The molecule has 100 valence electrons. The van der Waals surface area contributed by atoms with Gasteiger partial charge >= 0.3 is 0 Å². The third-order valence-corrected chi connectivity index (χ3v) is 4.82. The van der Waals surface area contributed by atoms with Crippen molar-refractivity contribution in [2.24, 2.45) is 11.3 Å². The molecular weight excluding hydrogens is 267 g/mol. The molecule has 2 unspecified atom stereocenters. The molecule has 1 nitrogen and oxygen atoms in total. The molecule has 1 aromatic rings. The van der Waals surface area contributed by atoms with Gasteiger partial charge in [-0.1, -0.05) is 44.0 Å². The van der Waals surface area contributed by atoms with Gasteiger partial charge in [0, 0.05) is 15.6 Å². The lowest BCUT2D eigenvalue weighted by atomic mass is 9.63. The molecule has 2 atom stereocenters. The first-order valence-electron chi connectivity index (χ1n) is 6.42. The van der Waals surface area contributed by atoms with Gasteiger partial charge in [0.15, 0.2) is 0 Å². The van der Waals surface area contributed by atoms with Gasteiger partial charge in [-0.15, -0.1) is 0 Å². The monoisotopic (exact) mass is 286 g/mol. The highest BCUT2D eigenvalue weighted by atomic mass is 35.5. The summed E-state index contributed by atoms with van der Waals surface area (Å²) in [4.78, 5) is 0. The SMILES string of the molecule is CC1CC(C)(C)CCC1(O)c1cc(Cl)ccc1Cl. The Labute approximate surface area is 119 Å². The first-order chi connectivity index (χ1) is 8.24.